The average molecular weight is 310 g/mol. The van der Waals surface area contributed by atoms with Crippen molar-refractivity contribution in [3.05, 3.63) is 33.0 Å². The van der Waals surface area contributed by atoms with E-state index in [1.807, 2.05) is 6.92 Å². The molecule has 108 valence electrons. The molecule has 0 saturated carbocycles. The first-order chi connectivity index (χ1) is 9.65. The van der Waals surface area contributed by atoms with Crippen molar-refractivity contribution in [1.82, 2.24) is 4.98 Å². The summed E-state index contributed by atoms with van der Waals surface area (Å²) in [7, 11) is 1.37. The van der Waals surface area contributed by atoms with E-state index in [1.54, 1.807) is 11.3 Å². The number of nitrogens with zero attached hydrogens (tertiary/aromatic N) is 1. The maximum Gasteiger partial charge on any atom is 0.357 e. The molecule has 1 unspecified atom stereocenters. The van der Waals surface area contributed by atoms with Gasteiger partial charge in [0.15, 0.2) is 10.8 Å². The molecular weight excluding hydrogens is 292 g/mol. The summed E-state index contributed by atoms with van der Waals surface area (Å²) in [5.74, 6) is -0.380. The Balaban J connectivity index is 2.17. The second kappa shape index (κ2) is 6.85. The molecule has 2 aromatic rings. The van der Waals surface area contributed by atoms with Crippen LogP contribution in [-0.2, 0) is 4.74 Å². The van der Waals surface area contributed by atoms with Gasteiger partial charge in [-0.1, -0.05) is 19.4 Å². The van der Waals surface area contributed by atoms with Gasteiger partial charge in [-0.2, -0.15) is 0 Å². The monoisotopic (exact) mass is 310 g/mol. The minimum Gasteiger partial charge on any atom is -0.464 e. The smallest absolute Gasteiger partial charge is 0.357 e. The summed E-state index contributed by atoms with van der Waals surface area (Å²) in [4.78, 5) is 18.1. The zero-order valence-electron chi connectivity index (χ0n) is 11.8. The quantitative estimate of drug-likeness (QED) is 0.810. The van der Waals surface area contributed by atoms with Gasteiger partial charge < -0.3 is 10.1 Å². The Morgan fingerprint density at radius 1 is 1.55 bits per heavy atom. The van der Waals surface area contributed by atoms with Crippen molar-refractivity contribution in [2.75, 3.05) is 12.4 Å². The molecule has 1 N–H and O–H groups in total. The fourth-order valence-electron chi connectivity index (χ4n) is 1.96. The molecule has 0 spiro atoms. The Morgan fingerprint density at radius 3 is 2.95 bits per heavy atom. The molecule has 0 bridgehead atoms. The number of hydrogen-bond donors (Lipinski definition) is 1. The van der Waals surface area contributed by atoms with Gasteiger partial charge in [0.05, 0.1) is 13.2 Å². The van der Waals surface area contributed by atoms with Crippen LogP contribution >= 0.6 is 22.7 Å². The summed E-state index contributed by atoms with van der Waals surface area (Å²) >= 11 is 3.23. The van der Waals surface area contributed by atoms with Gasteiger partial charge in [-0.15, -0.1) is 22.7 Å². The minimum absolute atomic E-state index is 0.246. The number of methoxy groups -OCH3 is 1. The Kier molecular flexibility index (Phi) is 5.14. The molecule has 2 heterocycles. The summed E-state index contributed by atoms with van der Waals surface area (Å²) < 4.78 is 4.73. The summed E-state index contributed by atoms with van der Waals surface area (Å²) in [5, 5.41) is 6.28. The summed E-state index contributed by atoms with van der Waals surface area (Å²) in [6, 6.07) is 4.42. The first kappa shape index (κ1) is 15.0. The molecule has 0 aliphatic rings. The van der Waals surface area contributed by atoms with Crippen molar-refractivity contribution in [2.45, 2.75) is 32.7 Å². The van der Waals surface area contributed by atoms with Gasteiger partial charge in [0.2, 0.25) is 0 Å². The van der Waals surface area contributed by atoms with Gasteiger partial charge in [-0.3, -0.25) is 0 Å². The second-order valence-corrected chi connectivity index (χ2v) is 6.60. The first-order valence-corrected chi connectivity index (χ1v) is 8.21. The minimum atomic E-state index is -0.380. The van der Waals surface area contributed by atoms with Crippen LogP contribution in [0.4, 0.5) is 5.13 Å². The van der Waals surface area contributed by atoms with Crippen molar-refractivity contribution in [3.63, 3.8) is 0 Å². The Hall–Kier alpha value is -1.40. The van der Waals surface area contributed by atoms with E-state index in [1.165, 1.54) is 23.3 Å². The number of ether oxygens (including phenoxy) is 1. The maximum absolute atomic E-state index is 11.6. The fraction of sp³-hybridized carbons (Fsp3) is 0.429. The summed E-state index contributed by atoms with van der Waals surface area (Å²) in [6.07, 6.45) is 2.12. The first-order valence-electron chi connectivity index (χ1n) is 6.51. The third-order valence-electron chi connectivity index (χ3n) is 2.94. The van der Waals surface area contributed by atoms with Crippen LogP contribution in [-0.4, -0.2) is 18.1 Å². The highest BCUT2D eigenvalue weighted by atomic mass is 32.1. The largest absolute Gasteiger partial charge is 0.464 e. The number of carbonyl (C=O) groups is 1. The standard InChI is InChI=1S/C14H18N2O2S2/c1-4-6-10(11-7-5-8-19-11)15-14-16-12(9(2)20-14)13(17)18-3/h5,7-8,10H,4,6H2,1-3H3,(H,15,16). The van der Waals surface area contributed by atoms with Crippen LogP contribution in [0.15, 0.2) is 17.5 Å². The number of esters is 1. The van der Waals surface area contributed by atoms with Crippen LogP contribution in [0.2, 0.25) is 0 Å². The molecule has 0 aromatic carbocycles. The Labute approximate surface area is 126 Å². The molecule has 20 heavy (non-hydrogen) atoms. The van der Waals surface area contributed by atoms with E-state index in [-0.39, 0.29) is 12.0 Å². The maximum atomic E-state index is 11.6. The third kappa shape index (κ3) is 3.37. The van der Waals surface area contributed by atoms with Crippen molar-refractivity contribution >= 4 is 33.8 Å². The topological polar surface area (TPSA) is 51.2 Å². The zero-order valence-corrected chi connectivity index (χ0v) is 13.4. The van der Waals surface area contributed by atoms with Crippen LogP contribution in [0.5, 0.6) is 0 Å². The molecule has 0 fully saturated rings. The van der Waals surface area contributed by atoms with E-state index in [9.17, 15) is 4.79 Å². The molecule has 0 radical (unpaired) electrons. The predicted molar refractivity (Wildman–Crippen MR) is 83.8 cm³/mol. The molecule has 2 rings (SSSR count). The number of aromatic nitrogens is 1. The lowest BCUT2D eigenvalue weighted by Gasteiger charge is -2.15. The number of nitrogens with one attached hydrogen (secondary N) is 1. The number of thiophene rings is 1. The van der Waals surface area contributed by atoms with Gasteiger partial charge >= 0.3 is 5.97 Å². The van der Waals surface area contributed by atoms with Gasteiger partial charge in [0.25, 0.3) is 0 Å². The van der Waals surface area contributed by atoms with E-state index < -0.39 is 0 Å². The molecule has 0 saturated heterocycles. The van der Waals surface area contributed by atoms with Crippen molar-refractivity contribution < 1.29 is 9.53 Å². The van der Waals surface area contributed by atoms with E-state index in [0.717, 1.165) is 22.9 Å². The van der Waals surface area contributed by atoms with Gasteiger partial charge in [-0.05, 0) is 24.8 Å². The summed E-state index contributed by atoms with van der Waals surface area (Å²) in [6.45, 7) is 4.05. The van der Waals surface area contributed by atoms with Crippen LogP contribution in [0.25, 0.3) is 0 Å². The van der Waals surface area contributed by atoms with Gasteiger partial charge in [0.1, 0.15) is 0 Å². The highest BCUT2D eigenvalue weighted by Gasteiger charge is 2.18. The van der Waals surface area contributed by atoms with Crippen LogP contribution in [0, 0.1) is 6.92 Å². The second-order valence-electron chi connectivity index (χ2n) is 4.42. The molecule has 0 amide bonds. The number of aryl methyl sites for hydroxylation is 1. The SMILES string of the molecule is CCCC(Nc1nc(C(=O)OC)c(C)s1)c1cccs1. The Morgan fingerprint density at radius 2 is 2.35 bits per heavy atom. The molecule has 1 atom stereocenters. The molecule has 2 aromatic heterocycles. The molecule has 0 aliphatic carbocycles. The number of rotatable bonds is 6. The van der Waals surface area contributed by atoms with Gasteiger partial charge in [0, 0.05) is 9.75 Å². The normalized spacial score (nSPS) is 12.2. The van der Waals surface area contributed by atoms with E-state index in [4.69, 9.17) is 4.74 Å². The molecule has 6 heteroatoms. The molecule has 0 aliphatic heterocycles. The van der Waals surface area contributed by atoms with E-state index in [2.05, 4.69) is 34.7 Å². The fourth-order valence-corrected chi connectivity index (χ4v) is 3.62. The number of thiazole rings is 1. The highest BCUT2D eigenvalue weighted by Crippen LogP contribution is 2.30. The lowest BCUT2D eigenvalue weighted by molar-refractivity contribution is 0.0594. The van der Waals surface area contributed by atoms with Crippen molar-refractivity contribution in [3.8, 4) is 0 Å². The average Bonchev–Trinajstić information content (AvgIpc) is 3.07. The van der Waals surface area contributed by atoms with Crippen LogP contribution in [0.3, 0.4) is 0 Å². The molecular formula is C14H18N2O2S2. The number of carbonyl (C=O) groups excluding carboxylic acids is 1. The van der Waals surface area contributed by atoms with E-state index in [0.29, 0.717) is 5.69 Å². The Bertz CT molecular complexity index is 564. The predicted octanol–water partition coefficient (Wildman–Crippen LogP) is 4.25. The lowest BCUT2D eigenvalue weighted by atomic mass is 10.1. The van der Waals surface area contributed by atoms with Crippen LogP contribution in [0.1, 0.15) is 46.0 Å². The highest BCUT2D eigenvalue weighted by molar-refractivity contribution is 7.15. The number of hydrogen-bond acceptors (Lipinski definition) is 6. The van der Waals surface area contributed by atoms with Gasteiger partial charge in [-0.25, -0.2) is 9.78 Å². The molecule has 4 nitrogen and oxygen atoms in total. The van der Waals surface area contributed by atoms with Crippen molar-refractivity contribution in [1.29, 1.82) is 0 Å². The number of anilines is 1. The van der Waals surface area contributed by atoms with Crippen LogP contribution < -0.4 is 5.32 Å². The third-order valence-corrected chi connectivity index (χ3v) is 4.83. The lowest BCUT2D eigenvalue weighted by Crippen LogP contribution is -2.09. The van der Waals surface area contributed by atoms with Crippen molar-refractivity contribution in [2.24, 2.45) is 0 Å². The zero-order chi connectivity index (χ0) is 14.5. The van der Waals surface area contributed by atoms with E-state index >= 15 is 0 Å². The summed E-state index contributed by atoms with van der Waals surface area (Å²) in [5.41, 5.74) is 0.404.